The van der Waals surface area contributed by atoms with Gasteiger partial charge in [-0.15, -0.1) is 0 Å². The summed E-state index contributed by atoms with van der Waals surface area (Å²) in [5, 5.41) is 7.29. The van der Waals surface area contributed by atoms with Gasteiger partial charge in [0.05, 0.1) is 0 Å². The molecule has 1 aromatic heterocycles. The summed E-state index contributed by atoms with van der Waals surface area (Å²) in [4.78, 5) is 2.35. The van der Waals surface area contributed by atoms with Crippen molar-refractivity contribution >= 4 is 60.5 Å². The van der Waals surface area contributed by atoms with Crippen LogP contribution in [0, 0.1) is 0 Å². The Hall–Kier alpha value is -8.46. The molecule has 12 rings (SSSR count). The van der Waals surface area contributed by atoms with Crippen LogP contribution in [-0.4, -0.2) is 0 Å². The second kappa shape index (κ2) is 15.8. The van der Waals surface area contributed by atoms with Crippen LogP contribution in [0.4, 0.5) is 17.1 Å². The van der Waals surface area contributed by atoms with Crippen molar-refractivity contribution in [3.63, 3.8) is 0 Å². The minimum Gasteiger partial charge on any atom is -0.456 e. The van der Waals surface area contributed by atoms with Crippen molar-refractivity contribution in [1.82, 2.24) is 0 Å². The van der Waals surface area contributed by atoms with E-state index in [1.807, 2.05) is 12.1 Å². The minimum atomic E-state index is 0.912. The van der Waals surface area contributed by atoms with Gasteiger partial charge in [0, 0.05) is 27.8 Å². The summed E-state index contributed by atoms with van der Waals surface area (Å²) in [5.74, 6) is 0. The summed E-state index contributed by atoms with van der Waals surface area (Å²) < 4.78 is 6.09. The summed E-state index contributed by atoms with van der Waals surface area (Å²) in [5.41, 5.74) is 17.0. The second-order valence-corrected chi connectivity index (χ2v) is 16.6. The normalized spacial score (nSPS) is 11.4. The summed E-state index contributed by atoms with van der Waals surface area (Å²) in [6.45, 7) is 0. The molecule has 11 aromatic carbocycles. The van der Waals surface area contributed by atoms with Gasteiger partial charge in [-0.2, -0.15) is 0 Å². The van der Waals surface area contributed by atoms with Crippen molar-refractivity contribution in [3.8, 4) is 55.6 Å². The first-order valence-electron chi connectivity index (χ1n) is 21.9. The molecule has 0 spiro atoms. The lowest BCUT2D eigenvalue weighted by atomic mass is 9.98. The van der Waals surface area contributed by atoms with E-state index in [2.05, 4.69) is 241 Å². The van der Waals surface area contributed by atoms with E-state index in [0.29, 0.717) is 0 Å². The lowest BCUT2D eigenvalue weighted by Crippen LogP contribution is -2.09. The molecule has 64 heavy (non-hydrogen) atoms. The fourth-order valence-corrected chi connectivity index (χ4v) is 9.21. The Balaban J connectivity index is 0.845. The van der Waals surface area contributed by atoms with Crippen molar-refractivity contribution < 1.29 is 4.42 Å². The van der Waals surface area contributed by atoms with E-state index in [1.165, 1.54) is 77.2 Å². The Labute approximate surface area is 372 Å². The summed E-state index contributed by atoms with van der Waals surface area (Å²) >= 11 is 0. The Morgan fingerprint density at radius 1 is 0.219 bits per heavy atom. The van der Waals surface area contributed by atoms with Gasteiger partial charge in [-0.05, 0) is 144 Å². The molecule has 0 bridgehead atoms. The Morgan fingerprint density at radius 2 is 0.531 bits per heavy atom. The highest BCUT2D eigenvalue weighted by Crippen LogP contribution is 2.39. The largest absolute Gasteiger partial charge is 0.456 e. The summed E-state index contributed by atoms with van der Waals surface area (Å²) in [7, 11) is 0. The summed E-state index contributed by atoms with van der Waals surface area (Å²) in [6, 6.07) is 89.8. The van der Waals surface area contributed by atoms with Gasteiger partial charge in [-0.1, -0.05) is 182 Å². The maximum absolute atomic E-state index is 6.09. The first kappa shape index (κ1) is 37.3. The summed E-state index contributed by atoms with van der Waals surface area (Å²) in [6.07, 6.45) is 0. The third-order valence-electron chi connectivity index (χ3n) is 12.7. The molecule has 0 fully saturated rings. The molecule has 2 heteroatoms. The zero-order valence-corrected chi connectivity index (χ0v) is 35.0. The number of para-hydroxylation sites is 1. The zero-order chi connectivity index (χ0) is 42.4. The van der Waals surface area contributed by atoms with Crippen LogP contribution in [0.2, 0.25) is 0 Å². The number of nitrogens with zero attached hydrogens (tertiary/aromatic N) is 1. The fourth-order valence-electron chi connectivity index (χ4n) is 9.21. The van der Waals surface area contributed by atoms with E-state index in [-0.39, 0.29) is 0 Å². The third kappa shape index (κ3) is 6.98. The first-order chi connectivity index (χ1) is 31.7. The second-order valence-electron chi connectivity index (χ2n) is 16.6. The highest BCUT2D eigenvalue weighted by atomic mass is 16.3. The molecule has 0 N–H and O–H groups in total. The number of anilines is 3. The van der Waals surface area contributed by atoms with Gasteiger partial charge in [-0.25, -0.2) is 0 Å². The van der Waals surface area contributed by atoms with Crippen molar-refractivity contribution in [2.75, 3.05) is 4.90 Å². The quantitative estimate of drug-likeness (QED) is 0.152. The zero-order valence-electron chi connectivity index (χ0n) is 35.0. The average Bonchev–Trinajstić information content (AvgIpc) is 3.75. The highest BCUT2D eigenvalue weighted by molar-refractivity contribution is 6.06. The number of fused-ring (bicyclic) bond motifs is 5. The van der Waals surface area contributed by atoms with Crippen LogP contribution in [0.5, 0.6) is 0 Å². The van der Waals surface area contributed by atoms with E-state index < -0.39 is 0 Å². The van der Waals surface area contributed by atoms with Gasteiger partial charge in [0.25, 0.3) is 0 Å². The van der Waals surface area contributed by atoms with E-state index in [1.54, 1.807) is 0 Å². The SMILES string of the molecule is c1ccc2cc(-c3ccc(-c4ccc(N(c5ccc(-c6ccc(-c7ccc8oc9ccccc9c8c7)cc6)cc5)c5ccc(-c6ccc7ccccc7c6)cc5)cc4)cc3)ccc2c1. The van der Waals surface area contributed by atoms with E-state index in [9.17, 15) is 0 Å². The maximum Gasteiger partial charge on any atom is 0.135 e. The third-order valence-corrected chi connectivity index (χ3v) is 12.7. The molecule has 0 amide bonds. The van der Waals surface area contributed by atoms with Crippen molar-refractivity contribution in [1.29, 1.82) is 0 Å². The molecule has 0 aliphatic carbocycles. The number of hydrogen-bond donors (Lipinski definition) is 0. The number of furan rings is 1. The van der Waals surface area contributed by atoms with Crippen LogP contribution in [0.25, 0.3) is 99.1 Å². The molecule has 2 nitrogen and oxygen atoms in total. The van der Waals surface area contributed by atoms with Crippen molar-refractivity contribution in [2.24, 2.45) is 0 Å². The highest BCUT2D eigenvalue weighted by Gasteiger charge is 2.15. The van der Waals surface area contributed by atoms with Crippen molar-refractivity contribution in [2.45, 2.75) is 0 Å². The molecule has 300 valence electrons. The van der Waals surface area contributed by atoms with Gasteiger partial charge < -0.3 is 9.32 Å². The molecule has 0 saturated heterocycles. The average molecular weight is 816 g/mol. The smallest absolute Gasteiger partial charge is 0.135 e. The van der Waals surface area contributed by atoms with E-state index in [4.69, 9.17) is 4.42 Å². The number of hydrogen-bond acceptors (Lipinski definition) is 2. The van der Waals surface area contributed by atoms with Crippen LogP contribution in [-0.2, 0) is 0 Å². The van der Waals surface area contributed by atoms with E-state index in [0.717, 1.165) is 39.0 Å². The van der Waals surface area contributed by atoms with Gasteiger partial charge in [0.15, 0.2) is 0 Å². The lowest BCUT2D eigenvalue weighted by molar-refractivity contribution is 0.669. The lowest BCUT2D eigenvalue weighted by Gasteiger charge is -2.26. The molecule has 1 heterocycles. The number of benzene rings is 11. The van der Waals surface area contributed by atoms with Crippen LogP contribution in [0.3, 0.4) is 0 Å². The van der Waals surface area contributed by atoms with Crippen LogP contribution < -0.4 is 4.90 Å². The predicted octanol–water partition coefficient (Wildman–Crippen LogP) is 17.7. The minimum absolute atomic E-state index is 0.912. The molecule has 0 unspecified atom stereocenters. The van der Waals surface area contributed by atoms with Gasteiger partial charge in [0.2, 0.25) is 0 Å². The Kier molecular flexibility index (Phi) is 9.20. The topological polar surface area (TPSA) is 16.4 Å². The molecule has 0 radical (unpaired) electrons. The molecular weight excluding hydrogens is 775 g/mol. The van der Waals surface area contributed by atoms with Gasteiger partial charge in [0.1, 0.15) is 11.2 Å². The standard InChI is InChI=1S/C62H41NO/c1-3-9-51-39-53(23-21-42(51)7-1)48-17-13-44(14-18-48)46-25-32-56(33-26-46)63(58-36-29-50(30-37-58)54-24-22-43-8-2-4-10-52(43)40-54)57-34-27-47(28-35-57)45-15-19-49(20-16-45)55-31-38-62-60(41-55)59-11-5-6-12-61(59)64-62/h1-41H. The van der Waals surface area contributed by atoms with Gasteiger partial charge >= 0.3 is 0 Å². The molecule has 12 aromatic rings. The van der Waals surface area contributed by atoms with E-state index >= 15 is 0 Å². The monoisotopic (exact) mass is 815 g/mol. The van der Waals surface area contributed by atoms with Crippen molar-refractivity contribution in [3.05, 3.63) is 249 Å². The molecular formula is C62H41NO. The maximum atomic E-state index is 6.09. The Bertz CT molecular complexity index is 3620. The molecule has 0 aliphatic heterocycles. The number of rotatable bonds is 8. The Morgan fingerprint density at radius 3 is 0.984 bits per heavy atom. The van der Waals surface area contributed by atoms with Crippen LogP contribution >= 0.6 is 0 Å². The molecule has 0 saturated carbocycles. The van der Waals surface area contributed by atoms with Crippen LogP contribution in [0.1, 0.15) is 0 Å². The van der Waals surface area contributed by atoms with Crippen LogP contribution in [0.15, 0.2) is 253 Å². The molecule has 0 aliphatic rings. The first-order valence-corrected chi connectivity index (χ1v) is 21.9. The molecule has 0 atom stereocenters. The van der Waals surface area contributed by atoms with Gasteiger partial charge in [-0.3, -0.25) is 0 Å². The predicted molar refractivity (Wildman–Crippen MR) is 271 cm³/mol. The fraction of sp³-hybridized carbons (Fsp3) is 0.